The molecule has 0 bridgehead atoms. The number of carbonyl (C=O) groups is 1. The lowest BCUT2D eigenvalue weighted by atomic mass is 9.98. The number of methoxy groups -OCH3 is 1. The van der Waals surface area contributed by atoms with Crippen LogP contribution in [0.2, 0.25) is 0 Å². The molecule has 4 rings (SSSR count). The Balaban J connectivity index is 1.54. The third-order valence-electron chi connectivity index (χ3n) is 5.75. The number of anilines is 1. The smallest absolute Gasteiger partial charge is 0.264 e. The number of rotatable bonds is 8. The first kappa shape index (κ1) is 24.0. The van der Waals surface area contributed by atoms with Gasteiger partial charge in [-0.3, -0.25) is 9.10 Å². The molecule has 0 saturated carbocycles. The predicted octanol–water partition coefficient (Wildman–Crippen LogP) is 5.04. The third-order valence-corrected chi connectivity index (χ3v) is 7.55. The van der Waals surface area contributed by atoms with Crippen LogP contribution in [0.4, 0.5) is 5.69 Å². The average molecular weight is 487 g/mol. The van der Waals surface area contributed by atoms with E-state index in [2.05, 4.69) is 5.32 Å². The lowest BCUT2D eigenvalue weighted by molar-refractivity contribution is 0.0943. The van der Waals surface area contributed by atoms with E-state index in [1.807, 2.05) is 60.7 Å². The summed E-state index contributed by atoms with van der Waals surface area (Å²) in [6.45, 7) is 0. The Morgan fingerprint density at radius 2 is 1.29 bits per heavy atom. The van der Waals surface area contributed by atoms with Gasteiger partial charge >= 0.3 is 0 Å². The molecule has 0 aliphatic rings. The third kappa shape index (κ3) is 5.36. The molecule has 35 heavy (non-hydrogen) atoms. The van der Waals surface area contributed by atoms with Crippen LogP contribution in [0.5, 0.6) is 5.75 Å². The van der Waals surface area contributed by atoms with Gasteiger partial charge < -0.3 is 10.1 Å². The summed E-state index contributed by atoms with van der Waals surface area (Å²) in [5, 5.41) is 3.10. The van der Waals surface area contributed by atoms with Crippen LogP contribution in [-0.4, -0.2) is 28.5 Å². The van der Waals surface area contributed by atoms with Gasteiger partial charge in [0, 0.05) is 12.6 Å². The first-order valence-corrected chi connectivity index (χ1v) is 12.5. The van der Waals surface area contributed by atoms with Crippen LogP contribution in [0.1, 0.15) is 27.5 Å². The van der Waals surface area contributed by atoms with Crippen LogP contribution in [0.15, 0.2) is 114 Å². The summed E-state index contributed by atoms with van der Waals surface area (Å²) in [5.41, 5.74) is 2.81. The molecule has 0 spiro atoms. The van der Waals surface area contributed by atoms with Gasteiger partial charge in [0.2, 0.25) is 0 Å². The van der Waals surface area contributed by atoms with E-state index < -0.39 is 10.0 Å². The van der Waals surface area contributed by atoms with E-state index in [-0.39, 0.29) is 16.8 Å². The van der Waals surface area contributed by atoms with E-state index in [0.717, 1.165) is 11.1 Å². The zero-order valence-corrected chi connectivity index (χ0v) is 20.3. The fraction of sp³-hybridized carbons (Fsp3) is 0.107. The van der Waals surface area contributed by atoms with E-state index in [4.69, 9.17) is 4.74 Å². The topological polar surface area (TPSA) is 75.7 Å². The maximum atomic E-state index is 13.1. The van der Waals surface area contributed by atoms with Crippen molar-refractivity contribution in [1.29, 1.82) is 0 Å². The summed E-state index contributed by atoms with van der Waals surface area (Å²) < 4.78 is 32.3. The maximum absolute atomic E-state index is 13.1. The van der Waals surface area contributed by atoms with Crippen LogP contribution in [-0.2, 0) is 10.0 Å². The standard InChI is InChI=1S/C28H26N2O4S/c1-30(35(32,33)26-19-17-25(34-2)18-20-26)24-15-13-23(14-16-24)28(31)29-27(21-9-5-3-6-10-21)22-11-7-4-8-12-22/h3-20,27H,1-2H3,(H,29,31). The number of carbonyl (C=O) groups excluding carboxylic acids is 1. The molecule has 178 valence electrons. The highest BCUT2D eigenvalue weighted by Gasteiger charge is 2.22. The molecular formula is C28H26N2O4S. The van der Waals surface area contributed by atoms with Gasteiger partial charge in [-0.05, 0) is 59.7 Å². The molecule has 4 aromatic rings. The van der Waals surface area contributed by atoms with Crippen molar-refractivity contribution < 1.29 is 17.9 Å². The molecule has 0 radical (unpaired) electrons. The molecule has 6 nitrogen and oxygen atoms in total. The van der Waals surface area contributed by atoms with Gasteiger partial charge in [-0.1, -0.05) is 60.7 Å². The van der Waals surface area contributed by atoms with E-state index in [0.29, 0.717) is 17.0 Å². The van der Waals surface area contributed by atoms with Gasteiger partial charge in [0.25, 0.3) is 15.9 Å². The van der Waals surface area contributed by atoms with Crippen LogP contribution in [0.3, 0.4) is 0 Å². The molecular weight excluding hydrogens is 460 g/mol. The van der Waals surface area contributed by atoms with E-state index in [1.165, 1.54) is 30.6 Å². The van der Waals surface area contributed by atoms with Crippen LogP contribution < -0.4 is 14.4 Å². The molecule has 7 heteroatoms. The fourth-order valence-corrected chi connectivity index (χ4v) is 4.93. The SMILES string of the molecule is COc1ccc(S(=O)(=O)N(C)c2ccc(C(=O)NC(c3ccccc3)c3ccccc3)cc2)cc1. The number of sulfonamides is 1. The van der Waals surface area contributed by atoms with Gasteiger partial charge in [-0.15, -0.1) is 0 Å². The van der Waals surface area contributed by atoms with Crippen molar-refractivity contribution >= 4 is 21.6 Å². The van der Waals surface area contributed by atoms with Crippen molar-refractivity contribution in [2.24, 2.45) is 0 Å². The van der Waals surface area contributed by atoms with Gasteiger partial charge in [0.1, 0.15) is 5.75 Å². The van der Waals surface area contributed by atoms with Crippen molar-refractivity contribution in [2.75, 3.05) is 18.5 Å². The molecule has 0 aromatic heterocycles. The Morgan fingerprint density at radius 3 is 1.77 bits per heavy atom. The summed E-state index contributed by atoms with van der Waals surface area (Å²) in [5.74, 6) is 0.321. The number of hydrogen-bond donors (Lipinski definition) is 1. The minimum Gasteiger partial charge on any atom is -0.497 e. The molecule has 1 N–H and O–H groups in total. The van der Waals surface area contributed by atoms with Gasteiger partial charge in [0.15, 0.2) is 0 Å². The van der Waals surface area contributed by atoms with Crippen LogP contribution >= 0.6 is 0 Å². The second kappa shape index (κ2) is 10.4. The van der Waals surface area contributed by atoms with E-state index in [1.54, 1.807) is 36.4 Å². The van der Waals surface area contributed by atoms with Crippen LogP contribution in [0.25, 0.3) is 0 Å². The summed E-state index contributed by atoms with van der Waals surface area (Å²) in [7, 11) is -0.759. The molecule has 0 aliphatic heterocycles. The molecule has 0 unspecified atom stereocenters. The molecule has 1 amide bonds. The minimum atomic E-state index is -3.76. The molecule has 0 heterocycles. The fourth-order valence-electron chi connectivity index (χ4n) is 3.73. The van der Waals surface area contributed by atoms with Gasteiger partial charge in [-0.25, -0.2) is 8.42 Å². The van der Waals surface area contributed by atoms with Crippen molar-refractivity contribution in [2.45, 2.75) is 10.9 Å². The Kier molecular flexibility index (Phi) is 7.17. The monoisotopic (exact) mass is 486 g/mol. The Hall–Kier alpha value is -4.10. The van der Waals surface area contributed by atoms with Crippen molar-refractivity contribution in [3.63, 3.8) is 0 Å². The lowest BCUT2D eigenvalue weighted by Crippen LogP contribution is -2.29. The normalized spacial score (nSPS) is 11.2. The highest BCUT2D eigenvalue weighted by Crippen LogP contribution is 2.25. The average Bonchev–Trinajstić information content (AvgIpc) is 2.92. The zero-order chi connectivity index (χ0) is 24.8. The Bertz CT molecular complexity index is 1330. The minimum absolute atomic E-state index is 0.149. The molecule has 0 aliphatic carbocycles. The lowest BCUT2D eigenvalue weighted by Gasteiger charge is -2.21. The predicted molar refractivity (Wildman–Crippen MR) is 137 cm³/mol. The second-order valence-electron chi connectivity index (χ2n) is 7.92. The Labute approximate surface area is 205 Å². The number of benzene rings is 4. The largest absolute Gasteiger partial charge is 0.497 e. The van der Waals surface area contributed by atoms with Crippen LogP contribution in [0, 0.1) is 0 Å². The number of hydrogen-bond acceptors (Lipinski definition) is 4. The molecule has 4 aromatic carbocycles. The number of ether oxygens (including phenoxy) is 1. The first-order valence-electron chi connectivity index (χ1n) is 11.0. The second-order valence-corrected chi connectivity index (χ2v) is 9.89. The van der Waals surface area contributed by atoms with Crippen molar-refractivity contribution in [3.8, 4) is 5.75 Å². The van der Waals surface area contributed by atoms with Crippen molar-refractivity contribution in [3.05, 3.63) is 126 Å². The Morgan fingerprint density at radius 1 is 0.771 bits per heavy atom. The summed E-state index contributed by atoms with van der Waals surface area (Å²) in [6, 6.07) is 31.9. The van der Waals surface area contributed by atoms with Crippen molar-refractivity contribution in [1.82, 2.24) is 5.32 Å². The van der Waals surface area contributed by atoms with Gasteiger partial charge in [0.05, 0.1) is 23.7 Å². The maximum Gasteiger partial charge on any atom is 0.264 e. The molecule has 0 atom stereocenters. The number of amides is 1. The highest BCUT2D eigenvalue weighted by molar-refractivity contribution is 7.92. The number of nitrogens with one attached hydrogen (secondary N) is 1. The summed E-state index contributed by atoms with van der Waals surface area (Å²) in [6.07, 6.45) is 0. The summed E-state index contributed by atoms with van der Waals surface area (Å²) in [4.78, 5) is 13.3. The highest BCUT2D eigenvalue weighted by atomic mass is 32.2. The quantitative estimate of drug-likeness (QED) is 0.379. The van der Waals surface area contributed by atoms with E-state index in [9.17, 15) is 13.2 Å². The zero-order valence-electron chi connectivity index (χ0n) is 19.5. The summed E-state index contributed by atoms with van der Waals surface area (Å²) >= 11 is 0. The number of nitrogens with zero attached hydrogens (tertiary/aromatic N) is 1. The molecule has 0 fully saturated rings. The molecule has 0 saturated heterocycles. The first-order chi connectivity index (χ1) is 16.9. The van der Waals surface area contributed by atoms with Gasteiger partial charge in [-0.2, -0.15) is 0 Å². The van der Waals surface area contributed by atoms with E-state index >= 15 is 0 Å².